The third-order valence-corrected chi connectivity index (χ3v) is 4.35. The van der Waals surface area contributed by atoms with Crippen LogP contribution < -0.4 is 0 Å². The molecule has 0 saturated carbocycles. The molecule has 0 radical (unpaired) electrons. The van der Waals surface area contributed by atoms with Gasteiger partial charge in [0.2, 0.25) is 0 Å². The Morgan fingerprint density at radius 1 is 1.35 bits per heavy atom. The van der Waals surface area contributed by atoms with Crippen molar-refractivity contribution in [2.24, 2.45) is 5.41 Å². The van der Waals surface area contributed by atoms with Gasteiger partial charge >= 0.3 is 0 Å². The largest absolute Gasteiger partial charge is 0.380 e. The molecule has 1 aliphatic rings. The molecule has 2 rings (SSSR count). The second kappa shape index (κ2) is 5.19. The fraction of sp³-hybridized carbons (Fsp3) is 0.353. The number of aliphatic hydroxyl groups is 1. The van der Waals surface area contributed by atoms with E-state index >= 15 is 0 Å². The minimum atomic E-state index is -1.24. The van der Waals surface area contributed by atoms with Crippen molar-refractivity contribution in [3.63, 3.8) is 0 Å². The van der Waals surface area contributed by atoms with E-state index in [1.807, 2.05) is 26.8 Å². The van der Waals surface area contributed by atoms with Crippen LogP contribution in [0.15, 0.2) is 48.1 Å². The summed E-state index contributed by atoms with van der Waals surface area (Å²) in [5.74, 6) is 0.0554. The van der Waals surface area contributed by atoms with E-state index in [-0.39, 0.29) is 5.78 Å². The monoisotopic (exact) mass is 290 g/mol. The van der Waals surface area contributed by atoms with Crippen LogP contribution in [0.5, 0.6) is 0 Å². The van der Waals surface area contributed by atoms with Crippen LogP contribution in [-0.4, -0.2) is 10.9 Å². The first-order valence-electron chi connectivity index (χ1n) is 6.74. The van der Waals surface area contributed by atoms with Crippen LogP contribution >= 0.6 is 11.6 Å². The van der Waals surface area contributed by atoms with Crippen molar-refractivity contribution in [3.05, 3.63) is 58.7 Å². The molecule has 1 atom stereocenters. The third-order valence-electron chi connectivity index (χ3n) is 4.11. The van der Waals surface area contributed by atoms with E-state index in [1.54, 1.807) is 36.4 Å². The lowest BCUT2D eigenvalue weighted by atomic mass is 9.63. The van der Waals surface area contributed by atoms with Gasteiger partial charge in [0, 0.05) is 22.4 Å². The fourth-order valence-electron chi connectivity index (χ4n) is 2.72. The highest BCUT2D eigenvalue weighted by atomic mass is 35.5. The van der Waals surface area contributed by atoms with Crippen LogP contribution in [0.2, 0.25) is 5.02 Å². The highest BCUT2D eigenvalue weighted by molar-refractivity contribution is 6.30. The van der Waals surface area contributed by atoms with E-state index in [1.165, 1.54) is 0 Å². The highest BCUT2D eigenvalue weighted by Crippen LogP contribution is 2.48. The average molecular weight is 291 g/mol. The van der Waals surface area contributed by atoms with Crippen molar-refractivity contribution in [1.29, 1.82) is 0 Å². The number of carbonyl (C=O) groups excluding carboxylic acids is 1. The number of benzene rings is 1. The summed E-state index contributed by atoms with van der Waals surface area (Å²) in [4.78, 5) is 12.1. The zero-order valence-electron chi connectivity index (χ0n) is 12.0. The lowest BCUT2D eigenvalue weighted by Gasteiger charge is -2.44. The highest BCUT2D eigenvalue weighted by Gasteiger charge is 2.48. The molecule has 1 aliphatic carbocycles. The topological polar surface area (TPSA) is 37.3 Å². The number of halogens is 1. The zero-order valence-corrected chi connectivity index (χ0v) is 12.7. The number of allylic oxidation sites excluding steroid dienone is 2. The van der Waals surface area contributed by atoms with Gasteiger partial charge in [-0.25, -0.2) is 0 Å². The van der Waals surface area contributed by atoms with Gasteiger partial charge in [0.1, 0.15) is 5.60 Å². The maximum atomic E-state index is 12.1. The fourth-order valence-corrected chi connectivity index (χ4v) is 2.91. The van der Waals surface area contributed by atoms with Crippen molar-refractivity contribution >= 4 is 17.4 Å². The number of Topliss-reactive ketones (excluding diaryl/α,β-unsaturated/α-hetero) is 1. The van der Waals surface area contributed by atoms with E-state index in [2.05, 4.69) is 0 Å². The summed E-state index contributed by atoms with van der Waals surface area (Å²) in [6.45, 7) is 5.60. The predicted octanol–water partition coefficient (Wildman–Crippen LogP) is 4.03. The molecular formula is C17H19ClO2. The molecule has 20 heavy (non-hydrogen) atoms. The molecule has 0 fully saturated rings. The van der Waals surface area contributed by atoms with E-state index in [0.717, 1.165) is 0 Å². The molecule has 0 saturated heterocycles. The maximum Gasteiger partial charge on any atom is 0.159 e. The number of hydrogen-bond acceptors (Lipinski definition) is 2. The summed E-state index contributed by atoms with van der Waals surface area (Å²) in [7, 11) is 0. The van der Waals surface area contributed by atoms with Crippen molar-refractivity contribution in [3.8, 4) is 0 Å². The van der Waals surface area contributed by atoms with Crippen molar-refractivity contribution in [2.75, 3.05) is 0 Å². The molecule has 0 spiro atoms. The van der Waals surface area contributed by atoms with E-state index in [0.29, 0.717) is 22.6 Å². The lowest BCUT2D eigenvalue weighted by molar-refractivity contribution is -0.118. The van der Waals surface area contributed by atoms with Gasteiger partial charge in [0.05, 0.1) is 0 Å². The Labute approximate surface area is 124 Å². The Bertz CT molecular complexity index is 599. The van der Waals surface area contributed by atoms with Crippen LogP contribution in [0.4, 0.5) is 0 Å². The molecular weight excluding hydrogens is 272 g/mol. The minimum Gasteiger partial charge on any atom is -0.380 e. The molecule has 0 bridgehead atoms. The molecule has 106 valence electrons. The molecule has 2 nitrogen and oxygen atoms in total. The Kier molecular flexibility index (Phi) is 3.90. The number of carbonyl (C=O) groups is 1. The van der Waals surface area contributed by atoms with Gasteiger partial charge in [-0.3, -0.25) is 4.79 Å². The molecule has 0 heterocycles. The first kappa shape index (κ1) is 15.0. The van der Waals surface area contributed by atoms with Gasteiger partial charge in [-0.15, -0.1) is 0 Å². The van der Waals surface area contributed by atoms with E-state index < -0.39 is 11.0 Å². The average Bonchev–Trinajstić information content (AvgIpc) is 2.41. The molecule has 1 aromatic carbocycles. The Balaban J connectivity index is 2.55. The normalized spacial score (nSPS) is 24.4. The Hall–Kier alpha value is -1.38. The first-order chi connectivity index (χ1) is 9.33. The van der Waals surface area contributed by atoms with Gasteiger partial charge < -0.3 is 5.11 Å². The van der Waals surface area contributed by atoms with Crippen LogP contribution in [0, 0.1) is 5.41 Å². The van der Waals surface area contributed by atoms with Crippen LogP contribution in [0.25, 0.3) is 0 Å². The van der Waals surface area contributed by atoms with E-state index in [9.17, 15) is 9.90 Å². The smallest absolute Gasteiger partial charge is 0.159 e. The molecule has 1 unspecified atom stereocenters. The number of rotatable bonds is 3. The van der Waals surface area contributed by atoms with Crippen molar-refractivity contribution < 1.29 is 9.90 Å². The molecule has 0 amide bonds. The summed E-state index contributed by atoms with van der Waals surface area (Å²) in [6, 6.07) is 7.14. The van der Waals surface area contributed by atoms with Gasteiger partial charge in [0.15, 0.2) is 5.78 Å². The van der Waals surface area contributed by atoms with Gasteiger partial charge in [0.25, 0.3) is 0 Å². The predicted molar refractivity (Wildman–Crippen MR) is 81.7 cm³/mol. The SMILES string of the molecule is CCC(=O)C1=CC=CC(O)(c2cccc(Cl)c2)C1(C)C. The minimum absolute atomic E-state index is 0.0554. The molecule has 1 aromatic rings. The maximum absolute atomic E-state index is 12.1. The summed E-state index contributed by atoms with van der Waals surface area (Å²) in [5.41, 5.74) is -0.613. The second-order valence-electron chi connectivity index (χ2n) is 5.62. The van der Waals surface area contributed by atoms with Gasteiger partial charge in [-0.2, -0.15) is 0 Å². The Morgan fingerprint density at radius 3 is 2.65 bits per heavy atom. The molecule has 1 N–H and O–H groups in total. The lowest BCUT2D eigenvalue weighted by Crippen LogP contribution is -2.44. The summed E-state index contributed by atoms with van der Waals surface area (Å²) < 4.78 is 0. The molecule has 3 heteroatoms. The van der Waals surface area contributed by atoms with Crippen LogP contribution in [0.3, 0.4) is 0 Å². The van der Waals surface area contributed by atoms with Gasteiger partial charge in [-0.1, -0.05) is 56.7 Å². The van der Waals surface area contributed by atoms with E-state index in [4.69, 9.17) is 11.6 Å². The van der Waals surface area contributed by atoms with Crippen molar-refractivity contribution in [2.45, 2.75) is 32.8 Å². The number of ketones is 1. The Morgan fingerprint density at radius 2 is 2.05 bits per heavy atom. The summed E-state index contributed by atoms with van der Waals surface area (Å²) >= 11 is 6.03. The summed E-state index contributed by atoms with van der Waals surface area (Å²) in [5, 5.41) is 11.7. The van der Waals surface area contributed by atoms with Crippen molar-refractivity contribution in [1.82, 2.24) is 0 Å². The van der Waals surface area contributed by atoms with Crippen LogP contribution in [-0.2, 0) is 10.4 Å². The van der Waals surface area contributed by atoms with Crippen LogP contribution in [0.1, 0.15) is 32.8 Å². The summed E-state index contributed by atoms with van der Waals surface area (Å²) in [6.07, 6.45) is 5.69. The molecule has 0 aliphatic heterocycles. The standard InChI is InChI=1S/C17H19ClO2/c1-4-15(19)14-9-6-10-17(20,16(14,2)3)12-7-5-8-13(18)11-12/h5-11,20H,4H2,1-3H3. The quantitative estimate of drug-likeness (QED) is 0.912. The third kappa shape index (κ3) is 2.23. The zero-order chi connectivity index (χ0) is 15.0. The number of hydrogen-bond donors (Lipinski definition) is 1. The van der Waals surface area contributed by atoms with Gasteiger partial charge in [-0.05, 0) is 23.8 Å². The second-order valence-corrected chi connectivity index (χ2v) is 6.05. The molecule has 0 aromatic heterocycles. The first-order valence-corrected chi connectivity index (χ1v) is 7.12.